The number of morpholine rings is 1. The third kappa shape index (κ3) is 9.36. The van der Waals surface area contributed by atoms with Gasteiger partial charge in [-0.1, -0.05) is 6.58 Å². The van der Waals surface area contributed by atoms with Crippen LogP contribution in [0.1, 0.15) is 12.8 Å². The summed E-state index contributed by atoms with van der Waals surface area (Å²) in [6.45, 7) is 12.0. The molecule has 46 heavy (non-hydrogen) atoms. The number of hydrogen-bond donors (Lipinski definition) is 3. The summed E-state index contributed by atoms with van der Waals surface area (Å²) in [5, 5.41) is 14.1. The molecule has 16 heteroatoms. The number of nitrogens with one attached hydrogen (secondary N) is 2. The molecule has 3 aliphatic rings. The molecular formula is C30H41F3N8O5. The van der Waals surface area contributed by atoms with Crippen LogP contribution in [0, 0.1) is 0 Å². The number of rotatable bonds is 8. The van der Waals surface area contributed by atoms with Crippen LogP contribution in [0.3, 0.4) is 0 Å². The number of likely N-dealkylation sites (N-methyl/N-ethyl adjacent to an activating group) is 1. The fourth-order valence-electron chi connectivity index (χ4n) is 5.36. The van der Waals surface area contributed by atoms with E-state index in [0.717, 1.165) is 87.3 Å². The Balaban J connectivity index is 0.000000617. The van der Waals surface area contributed by atoms with Crippen LogP contribution in [-0.4, -0.2) is 129 Å². The number of ether oxygens (including phenoxy) is 2. The zero-order valence-corrected chi connectivity index (χ0v) is 26.1. The molecule has 1 aromatic carbocycles. The molecule has 1 aromatic heterocycles. The van der Waals surface area contributed by atoms with Gasteiger partial charge in [-0.25, -0.2) is 9.78 Å². The van der Waals surface area contributed by atoms with Gasteiger partial charge >= 0.3 is 12.1 Å². The van der Waals surface area contributed by atoms with Crippen molar-refractivity contribution < 1.29 is 37.3 Å². The number of amides is 1. The molecule has 5 rings (SSSR count). The minimum absolute atomic E-state index is 0.0351. The van der Waals surface area contributed by atoms with Crippen molar-refractivity contribution in [3.8, 4) is 5.75 Å². The summed E-state index contributed by atoms with van der Waals surface area (Å²) >= 11 is 0. The zero-order chi connectivity index (χ0) is 33.3. The number of likely N-dealkylation sites (tertiary alicyclic amines) is 1. The molecule has 1 unspecified atom stereocenters. The first-order valence-electron chi connectivity index (χ1n) is 15.0. The summed E-state index contributed by atoms with van der Waals surface area (Å²) in [4.78, 5) is 39.5. The smallest absolute Gasteiger partial charge is 0.490 e. The minimum atomic E-state index is -5.08. The van der Waals surface area contributed by atoms with E-state index in [4.69, 9.17) is 24.4 Å². The molecule has 252 valence electrons. The van der Waals surface area contributed by atoms with Crippen LogP contribution in [-0.2, 0) is 14.3 Å². The van der Waals surface area contributed by atoms with Gasteiger partial charge in [0.1, 0.15) is 5.75 Å². The Kier molecular flexibility index (Phi) is 11.9. The molecule has 3 fully saturated rings. The van der Waals surface area contributed by atoms with Gasteiger partial charge < -0.3 is 44.8 Å². The standard InChI is InChI=1S/C28H40N8O3.C2HF3O2/c1-4-26(37)36-9-5-6-21(20-36)30-27-24(35-14-16-39-17-15-35)19-29-28(32-27)31-23-8-7-22(18-25(23)38-3)34-12-10-33(2)11-13-34;3-2(4,5)1(6)7/h4,7-8,18-19,21H,1,5-6,9-17,20H2,2-3H3,(H2,29,30,31,32);(H,6,7). The van der Waals surface area contributed by atoms with Gasteiger partial charge in [0, 0.05) is 70.2 Å². The molecule has 13 nitrogen and oxygen atoms in total. The van der Waals surface area contributed by atoms with Crippen molar-refractivity contribution in [2.24, 2.45) is 0 Å². The number of piperazine rings is 1. The van der Waals surface area contributed by atoms with Gasteiger partial charge in [-0.2, -0.15) is 18.2 Å². The molecule has 3 saturated heterocycles. The number of aliphatic carboxylic acids is 1. The summed E-state index contributed by atoms with van der Waals surface area (Å²) in [5.74, 6) is -0.817. The summed E-state index contributed by atoms with van der Waals surface area (Å²) < 4.78 is 43.0. The van der Waals surface area contributed by atoms with Crippen LogP contribution < -0.4 is 25.2 Å². The molecule has 2 aromatic rings. The molecule has 0 bridgehead atoms. The highest BCUT2D eigenvalue weighted by Gasteiger charge is 2.38. The maximum atomic E-state index is 12.2. The van der Waals surface area contributed by atoms with Gasteiger partial charge in [0.05, 0.1) is 37.9 Å². The second kappa shape index (κ2) is 15.8. The van der Waals surface area contributed by atoms with Gasteiger partial charge in [0.25, 0.3) is 0 Å². The highest BCUT2D eigenvalue weighted by molar-refractivity contribution is 5.87. The number of hydrogen-bond acceptors (Lipinski definition) is 11. The molecule has 0 saturated carbocycles. The first kappa shape index (κ1) is 34.6. The summed E-state index contributed by atoms with van der Waals surface area (Å²) in [6, 6.07) is 6.30. The van der Waals surface area contributed by atoms with Gasteiger partial charge in [0.2, 0.25) is 11.9 Å². The second-order valence-electron chi connectivity index (χ2n) is 11.1. The Bertz CT molecular complexity index is 1350. The van der Waals surface area contributed by atoms with Crippen molar-refractivity contribution in [3.63, 3.8) is 0 Å². The second-order valence-corrected chi connectivity index (χ2v) is 11.1. The highest BCUT2D eigenvalue weighted by Crippen LogP contribution is 2.33. The van der Waals surface area contributed by atoms with Crippen molar-refractivity contribution in [3.05, 3.63) is 37.1 Å². The van der Waals surface area contributed by atoms with Gasteiger partial charge in [0.15, 0.2) is 5.82 Å². The maximum Gasteiger partial charge on any atom is 0.490 e. The van der Waals surface area contributed by atoms with Crippen molar-refractivity contribution in [1.29, 1.82) is 0 Å². The van der Waals surface area contributed by atoms with E-state index in [9.17, 15) is 18.0 Å². The van der Waals surface area contributed by atoms with Crippen molar-refractivity contribution in [2.45, 2.75) is 25.1 Å². The molecule has 0 aliphatic carbocycles. The van der Waals surface area contributed by atoms with Crippen LogP contribution in [0.5, 0.6) is 5.75 Å². The topological polar surface area (TPSA) is 136 Å². The number of nitrogens with zero attached hydrogens (tertiary/aromatic N) is 6. The van der Waals surface area contributed by atoms with Crippen LogP contribution in [0.2, 0.25) is 0 Å². The maximum absolute atomic E-state index is 12.2. The van der Waals surface area contributed by atoms with E-state index in [0.29, 0.717) is 25.7 Å². The zero-order valence-electron chi connectivity index (χ0n) is 26.1. The summed E-state index contributed by atoms with van der Waals surface area (Å²) in [7, 11) is 3.84. The average Bonchev–Trinajstić information content (AvgIpc) is 3.05. The number of halogens is 3. The number of carboxylic acid groups (broad SMARTS) is 1. The Morgan fingerprint density at radius 3 is 2.43 bits per heavy atom. The van der Waals surface area contributed by atoms with Crippen LogP contribution >= 0.6 is 0 Å². The molecular weight excluding hydrogens is 609 g/mol. The quantitative estimate of drug-likeness (QED) is 0.363. The van der Waals surface area contributed by atoms with Crippen molar-refractivity contribution in [2.75, 3.05) is 100 Å². The third-order valence-corrected chi connectivity index (χ3v) is 7.91. The molecule has 3 aliphatic heterocycles. The molecule has 3 N–H and O–H groups in total. The van der Waals surface area contributed by atoms with Crippen molar-refractivity contribution >= 4 is 40.7 Å². The highest BCUT2D eigenvalue weighted by atomic mass is 19.4. The Morgan fingerprint density at radius 2 is 1.80 bits per heavy atom. The first-order chi connectivity index (χ1) is 22.0. The molecule has 0 radical (unpaired) electrons. The predicted octanol–water partition coefficient (Wildman–Crippen LogP) is 3.04. The number of carboxylic acids is 1. The Morgan fingerprint density at radius 1 is 1.11 bits per heavy atom. The lowest BCUT2D eigenvalue weighted by Gasteiger charge is -2.35. The first-order valence-corrected chi connectivity index (χ1v) is 15.0. The number of benzene rings is 1. The van der Waals surface area contributed by atoms with E-state index in [1.807, 2.05) is 17.2 Å². The fourth-order valence-corrected chi connectivity index (χ4v) is 5.36. The molecule has 4 heterocycles. The monoisotopic (exact) mass is 650 g/mol. The van der Waals surface area contributed by atoms with Gasteiger partial charge in [-0.3, -0.25) is 4.79 Å². The minimum Gasteiger partial charge on any atom is -0.494 e. The predicted molar refractivity (Wildman–Crippen MR) is 168 cm³/mol. The van der Waals surface area contributed by atoms with E-state index in [2.05, 4.69) is 56.1 Å². The Labute approximate surface area is 266 Å². The van der Waals surface area contributed by atoms with E-state index in [-0.39, 0.29) is 11.9 Å². The SMILES string of the molecule is C=CC(=O)N1CCCC(Nc2nc(Nc3ccc(N4CCN(C)CC4)cc3OC)ncc2N2CCOCC2)C1.O=C(O)C(F)(F)F. The fraction of sp³-hybridized carbons (Fsp3) is 0.533. The lowest BCUT2D eigenvalue weighted by molar-refractivity contribution is -0.192. The molecule has 1 amide bonds. The number of methoxy groups -OCH3 is 1. The van der Waals surface area contributed by atoms with E-state index >= 15 is 0 Å². The van der Waals surface area contributed by atoms with Crippen LogP contribution in [0.25, 0.3) is 0 Å². The lowest BCUT2D eigenvalue weighted by Crippen LogP contribution is -2.45. The third-order valence-electron chi connectivity index (χ3n) is 7.91. The van der Waals surface area contributed by atoms with Gasteiger partial charge in [-0.15, -0.1) is 0 Å². The number of carbonyl (C=O) groups excluding carboxylic acids is 1. The molecule has 0 spiro atoms. The van der Waals surface area contributed by atoms with E-state index in [1.165, 1.54) is 6.08 Å². The number of alkyl halides is 3. The number of aromatic nitrogens is 2. The normalized spacial score (nSPS) is 19.1. The number of anilines is 5. The van der Waals surface area contributed by atoms with E-state index in [1.54, 1.807) is 7.11 Å². The van der Waals surface area contributed by atoms with E-state index < -0.39 is 12.1 Å². The summed E-state index contributed by atoms with van der Waals surface area (Å²) in [5.41, 5.74) is 2.89. The molecule has 1 atom stereocenters. The van der Waals surface area contributed by atoms with Crippen molar-refractivity contribution in [1.82, 2.24) is 19.8 Å². The van der Waals surface area contributed by atoms with Crippen LogP contribution in [0.15, 0.2) is 37.1 Å². The lowest BCUT2D eigenvalue weighted by atomic mass is 10.1. The van der Waals surface area contributed by atoms with Gasteiger partial charge in [-0.05, 0) is 38.1 Å². The summed E-state index contributed by atoms with van der Waals surface area (Å²) in [6.07, 6.45) is 0.0508. The number of piperidine rings is 1. The Hall–Kier alpha value is -4.31. The average molecular weight is 651 g/mol. The number of carbonyl (C=O) groups is 2. The van der Waals surface area contributed by atoms with Crippen LogP contribution in [0.4, 0.5) is 42.0 Å². The largest absolute Gasteiger partial charge is 0.494 e.